The minimum Gasteiger partial charge on any atom is -0.388 e. The maximum atomic E-state index is 10.2. The molecule has 1 fully saturated rings. The van der Waals surface area contributed by atoms with Crippen LogP contribution in [0.25, 0.3) is 0 Å². The van der Waals surface area contributed by atoms with Crippen LogP contribution in [0.1, 0.15) is 43.8 Å². The largest absolute Gasteiger partial charge is 0.388 e. The molecule has 1 heterocycles. The molecule has 2 aromatic rings. The Kier molecular flexibility index (Phi) is 5.70. The molecule has 1 aliphatic rings. The van der Waals surface area contributed by atoms with Crippen molar-refractivity contribution in [3.8, 4) is 0 Å². The van der Waals surface area contributed by atoms with E-state index in [2.05, 4.69) is 15.5 Å². The summed E-state index contributed by atoms with van der Waals surface area (Å²) in [6.45, 7) is 0. The molecule has 0 saturated heterocycles. The molecule has 22 heavy (non-hydrogen) atoms. The third-order valence-electron chi connectivity index (χ3n) is 3.89. The zero-order valence-electron chi connectivity index (χ0n) is 12.4. The Morgan fingerprint density at radius 3 is 2.73 bits per heavy atom. The van der Waals surface area contributed by atoms with Gasteiger partial charge in [-0.25, -0.2) is 0 Å². The van der Waals surface area contributed by atoms with Crippen molar-refractivity contribution in [1.82, 2.24) is 10.2 Å². The van der Waals surface area contributed by atoms with Crippen molar-refractivity contribution < 1.29 is 5.11 Å². The third kappa shape index (κ3) is 4.44. The molecule has 0 bridgehead atoms. The summed E-state index contributed by atoms with van der Waals surface area (Å²) in [6.07, 6.45) is 5.96. The Labute approximate surface area is 139 Å². The average molecular weight is 335 g/mol. The summed E-state index contributed by atoms with van der Waals surface area (Å²) >= 11 is 3.14. The monoisotopic (exact) mass is 335 g/mol. The molecule has 4 nitrogen and oxygen atoms in total. The first kappa shape index (κ1) is 15.8. The van der Waals surface area contributed by atoms with E-state index >= 15 is 0 Å². The van der Waals surface area contributed by atoms with Crippen LogP contribution in [0.15, 0.2) is 34.7 Å². The summed E-state index contributed by atoms with van der Waals surface area (Å²) in [5, 5.41) is 23.0. The van der Waals surface area contributed by atoms with Gasteiger partial charge in [0.15, 0.2) is 4.34 Å². The molecule has 0 spiro atoms. The number of nitrogens with zero attached hydrogens (tertiary/aromatic N) is 2. The fraction of sp³-hybridized carbons (Fsp3) is 0.500. The second kappa shape index (κ2) is 7.94. The summed E-state index contributed by atoms with van der Waals surface area (Å²) in [5.74, 6) is 0.599. The summed E-state index contributed by atoms with van der Waals surface area (Å²) in [5.41, 5.74) is 0.945. The molecular formula is C16H21N3OS2. The van der Waals surface area contributed by atoms with Crippen LogP contribution in [-0.2, 0) is 0 Å². The molecule has 1 aromatic heterocycles. The second-order valence-electron chi connectivity index (χ2n) is 5.59. The molecule has 6 heteroatoms. The fourth-order valence-electron chi connectivity index (χ4n) is 2.67. The van der Waals surface area contributed by atoms with E-state index in [-0.39, 0.29) is 0 Å². The summed E-state index contributed by atoms with van der Waals surface area (Å²) in [6, 6.07) is 10.3. The first-order valence-corrected chi connectivity index (χ1v) is 9.57. The number of aromatic nitrogens is 2. The van der Waals surface area contributed by atoms with Crippen LogP contribution >= 0.6 is 23.1 Å². The molecular weight excluding hydrogens is 314 g/mol. The molecule has 0 unspecified atom stereocenters. The summed E-state index contributed by atoms with van der Waals surface area (Å²) < 4.78 is 0.910. The molecule has 0 aliphatic heterocycles. The predicted octanol–water partition coefficient (Wildman–Crippen LogP) is 4.11. The third-order valence-corrected chi connectivity index (χ3v) is 5.95. The minimum absolute atomic E-state index is 0.468. The molecule has 3 rings (SSSR count). The Morgan fingerprint density at radius 2 is 1.95 bits per heavy atom. The van der Waals surface area contributed by atoms with Gasteiger partial charge in [0.1, 0.15) is 0 Å². The van der Waals surface area contributed by atoms with Gasteiger partial charge in [-0.1, -0.05) is 72.7 Å². The van der Waals surface area contributed by atoms with Gasteiger partial charge in [0, 0.05) is 11.8 Å². The number of rotatable bonds is 6. The van der Waals surface area contributed by atoms with Crippen LogP contribution in [0.3, 0.4) is 0 Å². The van der Waals surface area contributed by atoms with E-state index in [1.54, 1.807) is 23.1 Å². The topological polar surface area (TPSA) is 58.0 Å². The van der Waals surface area contributed by atoms with Gasteiger partial charge in [-0.3, -0.25) is 0 Å². The van der Waals surface area contributed by atoms with E-state index < -0.39 is 6.10 Å². The Balaban J connectivity index is 1.49. The molecule has 2 N–H and O–H groups in total. The van der Waals surface area contributed by atoms with Crippen LogP contribution in [0, 0.1) is 0 Å². The van der Waals surface area contributed by atoms with Crippen molar-refractivity contribution in [3.63, 3.8) is 0 Å². The number of nitrogens with one attached hydrogen (secondary N) is 1. The number of anilines is 1. The van der Waals surface area contributed by atoms with Crippen molar-refractivity contribution in [2.75, 3.05) is 11.1 Å². The lowest BCUT2D eigenvalue weighted by molar-refractivity contribution is 0.204. The van der Waals surface area contributed by atoms with E-state index in [4.69, 9.17) is 0 Å². The lowest BCUT2D eigenvalue weighted by Crippen LogP contribution is -2.21. The van der Waals surface area contributed by atoms with Crippen molar-refractivity contribution in [2.24, 2.45) is 0 Å². The Bertz CT molecular complexity index is 570. The highest BCUT2D eigenvalue weighted by atomic mass is 32.2. The van der Waals surface area contributed by atoms with Crippen molar-refractivity contribution in [2.45, 2.75) is 48.6 Å². The molecule has 1 saturated carbocycles. The van der Waals surface area contributed by atoms with Gasteiger partial charge in [0.25, 0.3) is 0 Å². The molecule has 118 valence electrons. The van der Waals surface area contributed by atoms with E-state index in [9.17, 15) is 5.11 Å². The van der Waals surface area contributed by atoms with Crippen molar-refractivity contribution in [1.29, 1.82) is 0 Å². The summed E-state index contributed by atoms with van der Waals surface area (Å²) in [7, 11) is 0. The number of thioether (sulfide) groups is 1. The van der Waals surface area contributed by atoms with Gasteiger partial charge < -0.3 is 10.4 Å². The van der Waals surface area contributed by atoms with Gasteiger partial charge in [-0.15, -0.1) is 10.2 Å². The van der Waals surface area contributed by atoms with Gasteiger partial charge >= 0.3 is 0 Å². The number of hydrogen-bond acceptors (Lipinski definition) is 6. The first-order valence-electron chi connectivity index (χ1n) is 7.77. The lowest BCUT2D eigenvalue weighted by Gasteiger charge is -2.21. The fourth-order valence-corrected chi connectivity index (χ4v) is 4.49. The van der Waals surface area contributed by atoms with Gasteiger partial charge in [-0.2, -0.15) is 0 Å². The molecule has 0 radical (unpaired) electrons. The highest BCUT2D eigenvalue weighted by Crippen LogP contribution is 2.30. The molecule has 1 aromatic carbocycles. The lowest BCUT2D eigenvalue weighted by atomic mass is 9.96. The van der Waals surface area contributed by atoms with Gasteiger partial charge in [-0.05, 0) is 18.4 Å². The van der Waals surface area contributed by atoms with E-state index in [1.165, 1.54) is 32.1 Å². The van der Waals surface area contributed by atoms with Crippen LogP contribution < -0.4 is 5.32 Å². The second-order valence-corrected chi connectivity index (χ2v) is 7.83. The maximum absolute atomic E-state index is 10.2. The SMILES string of the molecule is O[C@@H](CSc1nnc(NC2CCCCC2)s1)c1ccccc1. The smallest absolute Gasteiger partial charge is 0.206 e. The van der Waals surface area contributed by atoms with E-state index in [0.717, 1.165) is 15.0 Å². The quantitative estimate of drug-likeness (QED) is 0.778. The predicted molar refractivity (Wildman–Crippen MR) is 92.5 cm³/mol. The van der Waals surface area contributed by atoms with Crippen LogP contribution in [0.2, 0.25) is 0 Å². The molecule has 1 aliphatic carbocycles. The van der Waals surface area contributed by atoms with Crippen molar-refractivity contribution >= 4 is 28.2 Å². The number of aliphatic hydroxyl groups is 1. The van der Waals surface area contributed by atoms with Crippen LogP contribution in [-0.4, -0.2) is 27.1 Å². The van der Waals surface area contributed by atoms with E-state index in [1.807, 2.05) is 30.3 Å². The zero-order chi connectivity index (χ0) is 15.2. The number of hydrogen-bond donors (Lipinski definition) is 2. The highest BCUT2D eigenvalue weighted by molar-refractivity contribution is 8.01. The molecule has 1 atom stereocenters. The number of benzene rings is 1. The van der Waals surface area contributed by atoms with Crippen LogP contribution in [0.4, 0.5) is 5.13 Å². The molecule has 0 amide bonds. The van der Waals surface area contributed by atoms with Crippen LogP contribution in [0.5, 0.6) is 0 Å². The Morgan fingerprint density at radius 1 is 1.18 bits per heavy atom. The minimum atomic E-state index is -0.468. The van der Waals surface area contributed by atoms with Gasteiger partial charge in [0.05, 0.1) is 6.10 Å². The van der Waals surface area contributed by atoms with Gasteiger partial charge in [0.2, 0.25) is 5.13 Å². The summed E-state index contributed by atoms with van der Waals surface area (Å²) in [4.78, 5) is 0. The zero-order valence-corrected chi connectivity index (χ0v) is 14.1. The van der Waals surface area contributed by atoms with E-state index in [0.29, 0.717) is 11.8 Å². The number of aliphatic hydroxyl groups excluding tert-OH is 1. The Hall–Kier alpha value is -1.11. The first-order chi connectivity index (χ1) is 10.8. The highest BCUT2D eigenvalue weighted by Gasteiger charge is 2.16. The van der Waals surface area contributed by atoms with Crippen molar-refractivity contribution in [3.05, 3.63) is 35.9 Å². The normalized spacial score (nSPS) is 17.3. The maximum Gasteiger partial charge on any atom is 0.206 e. The average Bonchev–Trinajstić information content (AvgIpc) is 3.02. The standard InChI is InChI=1S/C16H21N3OS2/c20-14(12-7-3-1-4-8-12)11-21-16-19-18-15(22-16)17-13-9-5-2-6-10-13/h1,3-4,7-8,13-14,20H,2,5-6,9-11H2,(H,17,18)/t14-/m0/s1.